The van der Waals surface area contributed by atoms with Crippen molar-refractivity contribution in [2.75, 3.05) is 19.6 Å². The molecule has 2 saturated heterocycles. The van der Waals surface area contributed by atoms with Crippen molar-refractivity contribution in [3.05, 3.63) is 0 Å². The minimum atomic E-state index is -1.11. The molecule has 0 radical (unpaired) electrons. The van der Waals surface area contributed by atoms with Crippen LogP contribution in [0.3, 0.4) is 0 Å². The number of carbonyl (C=O) groups excluding carboxylic acids is 7. The number of Topliss-reactive ketones (excluding diaryl/α,β-unsaturated/α-hetero) is 1. The summed E-state index contributed by atoms with van der Waals surface area (Å²) in [7, 11) is 0. The van der Waals surface area contributed by atoms with Crippen molar-refractivity contribution in [1.29, 1.82) is 0 Å². The molecule has 43 heavy (non-hydrogen) atoms. The zero-order valence-electron chi connectivity index (χ0n) is 26.1. The number of nitrogens with zero attached hydrogens (tertiary/aromatic N) is 2. The van der Waals surface area contributed by atoms with E-state index in [1.54, 1.807) is 20.8 Å². The standard InChI is InChI=1S/C30H48N6O7/c1-17(2)19-12-14-36(23(19)27(41)33-20(24(39)26(31)40)16-18-8-6-9-18)28(42)25(30(3,4)5)34-29(43)32-13-15-35-21(37)10-7-11-22(35)38/h17-20,23,25H,6-16H2,1-5H3,(H2,31,40)(H,33,41)(H2,32,34,43)/t19-,20?,23+,25-/m1/s1. The minimum absolute atomic E-state index is 0.0226. The Balaban J connectivity index is 1.73. The van der Waals surface area contributed by atoms with Crippen LogP contribution in [0.5, 0.6) is 0 Å². The number of urea groups is 1. The molecular formula is C30H48N6O7. The number of ketones is 1. The molecule has 0 spiro atoms. The maximum atomic E-state index is 14.0. The summed E-state index contributed by atoms with van der Waals surface area (Å²) in [4.78, 5) is 91.8. The Morgan fingerprint density at radius 3 is 2.09 bits per heavy atom. The van der Waals surface area contributed by atoms with Crippen molar-refractivity contribution in [1.82, 2.24) is 25.8 Å². The molecule has 3 rings (SSSR count). The van der Waals surface area contributed by atoms with Crippen LogP contribution in [-0.4, -0.2) is 88.9 Å². The fraction of sp³-hybridized carbons (Fsp3) is 0.767. The number of nitrogens with two attached hydrogens (primary N) is 1. The molecule has 7 amide bonds. The summed E-state index contributed by atoms with van der Waals surface area (Å²) in [5.41, 5.74) is 4.55. The van der Waals surface area contributed by atoms with Crippen molar-refractivity contribution in [2.24, 2.45) is 28.9 Å². The lowest BCUT2D eigenvalue weighted by atomic mass is 9.80. The van der Waals surface area contributed by atoms with Gasteiger partial charge in [0.15, 0.2) is 0 Å². The molecule has 1 aliphatic carbocycles. The van der Waals surface area contributed by atoms with E-state index in [2.05, 4.69) is 16.0 Å². The molecule has 240 valence electrons. The Morgan fingerprint density at radius 1 is 0.953 bits per heavy atom. The average molecular weight is 605 g/mol. The van der Waals surface area contributed by atoms with E-state index in [1.165, 1.54) is 4.90 Å². The van der Waals surface area contributed by atoms with E-state index in [1.807, 2.05) is 13.8 Å². The van der Waals surface area contributed by atoms with Gasteiger partial charge in [0.25, 0.3) is 5.91 Å². The van der Waals surface area contributed by atoms with Crippen molar-refractivity contribution < 1.29 is 33.6 Å². The second kappa shape index (κ2) is 14.3. The first-order chi connectivity index (χ1) is 20.1. The predicted molar refractivity (Wildman–Crippen MR) is 157 cm³/mol. The van der Waals surface area contributed by atoms with Gasteiger partial charge in [-0.2, -0.15) is 0 Å². The quantitative estimate of drug-likeness (QED) is 0.188. The highest BCUT2D eigenvalue weighted by Gasteiger charge is 2.48. The van der Waals surface area contributed by atoms with Gasteiger partial charge < -0.3 is 26.6 Å². The highest BCUT2D eigenvalue weighted by atomic mass is 16.2. The Kier molecular flexibility index (Phi) is 11.3. The van der Waals surface area contributed by atoms with E-state index in [0.717, 1.165) is 24.2 Å². The molecule has 0 bridgehead atoms. The van der Waals surface area contributed by atoms with Crippen LogP contribution in [0, 0.1) is 23.2 Å². The fourth-order valence-electron chi connectivity index (χ4n) is 6.15. The lowest BCUT2D eigenvalue weighted by Gasteiger charge is -2.37. The average Bonchev–Trinajstić information content (AvgIpc) is 3.34. The molecule has 0 aromatic carbocycles. The fourth-order valence-corrected chi connectivity index (χ4v) is 6.15. The van der Waals surface area contributed by atoms with Gasteiger partial charge in [0.2, 0.25) is 29.4 Å². The number of hydrogen-bond donors (Lipinski definition) is 4. The largest absolute Gasteiger partial charge is 0.363 e. The van der Waals surface area contributed by atoms with E-state index in [-0.39, 0.29) is 49.2 Å². The van der Waals surface area contributed by atoms with Gasteiger partial charge in [-0.05, 0) is 42.4 Å². The topological polar surface area (TPSA) is 188 Å². The molecule has 1 unspecified atom stereocenters. The summed E-state index contributed by atoms with van der Waals surface area (Å²) in [6.07, 6.45) is 4.82. The molecule has 0 aromatic rings. The van der Waals surface area contributed by atoms with Gasteiger partial charge in [0.1, 0.15) is 12.1 Å². The molecular weight excluding hydrogens is 556 g/mol. The Labute approximate surface area is 253 Å². The van der Waals surface area contributed by atoms with E-state index in [4.69, 9.17) is 5.73 Å². The third-order valence-corrected chi connectivity index (χ3v) is 8.92. The summed E-state index contributed by atoms with van der Waals surface area (Å²) < 4.78 is 0. The lowest BCUT2D eigenvalue weighted by molar-refractivity contribution is -0.147. The number of likely N-dealkylation sites (tertiary alicyclic amines) is 2. The third-order valence-electron chi connectivity index (χ3n) is 8.92. The van der Waals surface area contributed by atoms with E-state index >= 15 is 0 Å². The van der Waals surface area contributed by atoms with Crippen molar-refractivity contribution in [3.8, 4) is 0 Å². The maximum Gasteiger partial charge on any atom is 0.315 e. The smallest absolute Gasteiger partial charge is 0.315 e. The van der Waals surface area contributed by atoms with Crippen LogP contribution in [-0.2, 0) is 28.8 Å². The number of piperidine rings is 1. The highest BCUT2D eigenvalue weighted by Crippen LogP contribution is 2.34. The zero-order valence-corrected chi connectivity index (χ0v) is 26.1. The number of primary amides is 1. The third kappa shape index (κ3) is 8.54. The van der Waals surface area contributed by atoms with Crippen LogP contribution in [0.2, 0.25) is 0 Å². The molecule has 3 aliphatic rings. The lowest BCUT2D eigenvalue weighted by Crippen LogP contribution is -2.61. The van der Waals surface area contributed by atoms with Gasteiger partial charge in [0, 0.05) is 32.5 Å². The second-order valence-corrected chi connectivity index (χ2v) is 13.5. The summed E-state index contributed by atoms with van der Waals surface area (Å²) in [6, 6.07) is -3.60. The molecule has 4 atom stereocenters. The van der Waals surface area contributed by atoms with Gasteiger partial charge in [-0.25, -0.2) is 4.79 Å². The summed E-state index contributed by atoms with van der Waals surface area (Å²) in [5.74, 6) is -3.41. The van der Waals surface area contributed by atoms with Gasteiger partial charge in [-0.3, -0.25) is 33.7 Å². The van der Waals surface area contributed by atoms with Crippen LogP contribution < -0.4 is 21.7 Å². The SMILES string of the molecule is CC(C)[C@H]1CCN(C(=O)[C@@H](NC(=O)NCCN2C(=O)CCCC2=O)C(C)(C)C)[C@@H]1C(=O)NC(CC1CCC1)C(=O)C(N)=O. The summed E-state index contributed by atoms with van der Waals surface area (Å²) in [5, 5.41) is 8.12. The normalized spacial score (nSPS) is 22.6. The zero-order chi connectivity index (χ0) is 32.1. The molecule has 13 nitrogen and oxygen atoms in total. The van der Waals surface area contributed by atoms with Crippen LogP contribution in [0.1, 0.15) is 86.0 Å². The van der Waals surface area contributed by atoms with Crippen LogP contribution in [0.25, 0.3) is 0 Å². The second-order valence-electron chi connectivity index (χ2n) is 13.5. The summed E-state index contributed by atoms with van der Waals surface area (Å²) in [6.45, 7) is 9.66. The Bertz CT molecular complexity index is 1100. The van der Waals surface area contributed by atoms with Crippen molar-refractivity contribution >= 4 is 41.4 Å². The molecule has 3 fully saturated rings. The number of nitrogens with one attached hydrogen (secondary N) is 3. The summed E-state index contributed by atoms with van der Waals surface area (Å²) >= 11 is 0. The first-order valence-corrected chi connectivity index (χ1v) is 15.4. The molecule has 0 aromatic heterocycles. The Morgan fingerprint density at radius 2 is 1.58 bits per heavy atom. The molecule has 13 heteroatoms. The van der Waals surface area contributed by atoms with Gasteiger partial charge in [-0.15, -0.1) is 0 Å². The first-order valence-electron chi connectivity index (χ1n) is 15.4. The molecule has 2 heterocycles. The number of hydrogen-bond acceptors (Lipinski definition) is 7. The Hall–Kier alpha value is -3.51. The van der Waals surface area contributed by atoms with Gasteiger partial charge >= 0.3 is 6.03 Å². The first kappa shape index (κ1) is 34.0. The van der Waals surface area contributed by atoms with Crippen LogP contribution in [0.15, 0.2) is 0 Å². The molecule has 1 saturated carbocycles. The number of rotatable bonds is 12. The van der Waals surface area contributed by atoms with E-state index < -0.39 is 53.1 Å². The number of imide groups is 1. The van der Waals surface area contributed by atoms with Gasteiger partial charge in [0.05, 0.1) is 6.04 Å². The predicted octanol–water partition coefficient (Wildman–Crippen LogP) is 0.842. The number of amides is 7. The molecule has 2 aliphatic heterocycles. The number of carbonyl (C=O) groups is 7. The van der Waals surface area contributed by atoms with Crippen molar-refractivity contribution in [3.63, 3.8) is 0 Å². The van der Waals surface area contributed by atoms with Crippen LogP contribution in [0.4, 0.5) is 4.79 Å². The monoisotopic (exact) mass is 604 g/mol. The van der Waals surface area contributed by atoms with E-state index in [0.29, 0.717) is 32.1 Å². The van der Waals surface area contributed by atoms with Gasteiger partial charge in [-0.1, -0.05) is 53.9 Å². The van der Waals surface area contributed by atoms with Crippen molar-refractivity contribution in [2.45, 2.75) is 104 Å². The minimum Gasteiger partial charge on any atom is -0.363 e. The highest BCUT2D eigenvalue weighted by molar-refractivity contribution is 6.37. The molecule has 5 N–H and O–H groups in total. The van der Waals surface area contributed by atoms with E-state index in [9.17, 15) is 33.6 Å². The maximum absolute atomic E-state index is 14.0. The van der Waals surface area contributed by atoms with Crippen LogP contribution >= 0.6 is 0 Å².